The molecule has 0 spiro atoms. The van der Waals surface area contributed by atoms with Crippen LogP contribution in [0.2, 0.25) is 0 Å². The smallest absolute Gasteiger partial charge is 0.351 e. The van der Waals surface area contributed by atoms with Crippen LogP contribution in [0.3, 0.4) is 0 Å². The number of rotatable bonds is 2. The molecule has 1 aliphatic heterocycles. The van der Waals surface area contributed by atoms with Gasteiger partial charge in [-0.25, -0.2) is 9.18 Å². The van der Waals surface area contributed by atoms with Crippen LogP contribution in [0.1, 0.15) is 6.23 Å². The number of aromatic nitrogens is 2. The van der Waals surface area contributed by atoms with Gasteiger partial charge in [-0.3, -0.25) is 4.57 Å². The van der Waals surface area contributed by atoms with Gasteiger partial charge in [-0.15, -0.1) is 0 Å². The van der Waals surface area contributed by atoms with E-state index in [2.05, 4.69) is 17.6 Å². The van der Waals surface area contributed by atoms with Gasteiger partial charge >= 0.3 is 5.69 Å². The SMILES string of the molecule is Nc1nc(=O)n([C@@H]2O[C@H](CO)C(S)C2O)cc1F. The monoisotopic (exact) mass is 277 g/mol. The highest BCUT2D eigenvalue weighted by atomic mass is 32.1. The van der Waals surface area contributed by atoms with Crippen LogP contribution in [-0.2, 0) is 4.74 Å². The Kier molecular flexibility index (Phi) is 3.57. The average Bonchev–Trinajstić information content (AvgIpc) is 2.61. The van der Waals surface area contributed by atoms with Crippen molar-refractivity contribution in [1.29, 1.82) is 0 Å². The summed E-state index contributed by atoms with van der Waals surface area (Å²) in [5.41, 5.74) is 4.30. The second-order valence-electron chi connectivity index (χ2n) is 3.89. The molecule has 1 aliphatic rings. The molecule has 1 aromatic heterocycles. The number of hydrogen-bond acceptors (Lipinski definition) is 7. The van der Waals surface area contributed by atoms with E-state index in [0.717, 1.165) is 10.8 Å². The summed E-state index contributed by atoms with van der Waals surface area (Å²) in [4.78, 5) is 14.8. The van der Waals surface area contributed by atoms with Crippen LogP contribution in [0, 0.1) is 5.82 Å². The van der Waals surface area contributed by atoms with E-state index >= 15 is 0 Å². The third kappa shape index (κ3) is 2.09. The number of hydrogen-bond donors (Lipinski definition) is 4. The zero-order valence-electron chi connectivity index (χ0n) is 9.10. The summed E-state index contributed by atoms with van der Waals surface area (Å²) in [6.07, 6.45) is -2.27. The van der Waals surface area contributed by atoms with Gasteiger partial charge in [0.15, 0.2) is 17.9 Å². The molecule has 0 aromatic carbocycles. The number of aliphatic hydroxyl groups is 2. The van der Waals surface area contributed by atoms with E-state index in [4.69, 9.17) is 15.6 Å². The van der Waals surface area contributed by atoms with Crippen LogP contribution >= 0.6 is 12.6 Å². The Labute approximate surface area is 106 Å². The Balaban J connectivity index is 2.39. The number of nitrogen functional groups attached to an aromatic ring is 1. The Morgan fingerprint density at radius 2 is 2.33 bits per heavy atom. The number of nitrogens with zero attached hydrogens (tertiary/aromatic N) is 2. The lowest BCUT2D eigenvalue weighted by Crippen LogP contribution is -2.34. The van der Waals surface area contributed by atoms with Gasteiger partial charge in [-0.05, 0) is 0 Å². The van der Waals surface area contributed by atoms with Gasteiger partial charge in [0.25, 0.3) is 0 Å². The zero-order valence-corrected chi connectivity index (χ0v) is 10.00. The van der Waals surface area contributed by atoms with E-state index in [-0.39, 0.29) is 6.61 Å². The molecule has 9 heteroatoms. The highest BCUT2D eigenvalue weighted by Gasteiger charge is 2.43. The first-order chi connectivity index (χ1) is 8.45. The standard InChI is InChI=1S/C9H12FN3O4S/c10-3-1-13(9(16)12-7(3)11)8-5(15)6(18)4(2-14)17-8/h1,4-6,8,14-15,18H,2H2,(H2,11,12,16)/t4-,5?,6?,8-/m1/s1. The fourth-order valence-corrected chi connectivity index (χ4v) is 2.06. The van der Waals surface area contributed by atoms with E-state index < -0.39 is 41.0 Å². The highest BCUT2D eigenvalue weighted by molar-refractivity contribution is 7.81. The molecule has 1 saturated heterocycles. The van der Waals surface area contributed by atoms with E-state index in [0.29, 0.717) is 0 Å². The summed E-state index contributed by atoms with van der Waals surface area (Å²) in [6, 6.07) is 0. The molecular weight excluding hydrogens is 265 g/mol. The topological polar surface area (TPSA) is 111 Å². The normalized spacial score (nSPS) is 31.8. The molecule has 100 valence electrons. The van der Waals surface area contributed by atoms with Crippen molar-refractivity contribution in [3.8, 4) is 0 Å². The molecule has 1 aromatic rings. The Morgan fingerprint density at radius 1 is 1.67 bits per heavy atom. The molecule has 18 heavy (non-hydrogen) atoms. The van der Waals surface area contributed by atoms with Crippen LogP contribution in [0.5, 0.6) is 0 Å². The molecule has 7 nitrogen and oxygen atoms in total. The average molecular weight is 277 g/mol. The first-order valence-corrected chi connectivity index (χ1v) is 5.64. The first kappa shape index (κ1) is 13.3. The van der Waals surface area contributed by atoms with Crippen LogP contribution in [0.4, 0.5) is 10.2 Å². The lowest BCUT2D eigenvalue weighted by Gasteiger charge is -2.17. The predicted octanol–water partition coefficient (Wildman–Crippen LogP) is -1.49. The van der Waals surface area contributed by atoms with Crippen molar-refractivity contribution in [2.75, 3.05) is 12.3 Å². The third-order valence-electron chi connectivity index (χ3n) is 2.73. The molecule has 1 fully saturated rings. The molecule has 0 saturated carbocycles. The van der Waals surface area contributed by atoms with Gasteiger partial charge in [0.2, 0.25) is 0 Å². The van der Waals surface area contributed by atoms with Crippen molar-refractivity contribution in [1.82, 2.24) is 9.55 Å². The Morgan fingerprint density at radius 3 is 2.89 bits per heavy atom. The summed E-state index contributed by atoms with van der Waals surface area (Å²) < 4.78 is 19.3. The number of nitrogens with two attached hydrogens (primary N) is 1. The number of anilines is 1. The van der Waals surface area contributed by atoms with Gasteiger partial charge in [0, 0.05) is 0 Å². The van der Waals surface area contributed by atoms with E-state index in [1.165, 1.54) is 0 Å². The number of ether oxygens (including phenoxy) is 1. The lowest BCUT2D eigenvalue weighted by molar-refractivity contribution is -0.0533. The minimum Gasteiger partial charge on any atom is -0.394 e. The van der Waals surface area contributed by atoms with Crippen molar-refractivity contribution < 1.29 is 19.3 Å². The van der Waals surface area contributed by atoms with Crippen molar-refractivity contribution in [3.63, 3.8) is 0 Å². The van der Waals surface area contributed by atoms with Gasteiger partial charge in [0.05, 0.1) is 24.2 Å². The predicted molar refractivity (Wildman–Crippen MR) is 62.6 cm³/mol. The summed E-state index contributed by atoms with van der Waals surface area (Å²) in [5.74, 6) is -1.42. The molecule has 0 aliphatic carbocycles. The van der Waals surface area contributed by atoms with E-state index in [9.17, 15) is 14.3 Å². The fourth-order valence-electron chi connectivity index (χ4n) is 1.75. The third-order valence-corrected chi connectivity index (χ3v) is 3.36. The maximum atomic E-state index is 13.3. The Bertz CT molecular complexity index is 511. The van der Waals surface area contributed by atoms with Crippen LogP contribution < -0.4 is 11.4 Å². The molecule has 0 amide bonds. The number of thiol groups is 1. The van der Waals surface area contributed by atoms with E-state index in [1.54, 1.807) is 0 Å². The van der Waals surface area contributed by atoms with Gasteiger partial charge in [-0.2, -0.15) is 17.6 Å². The van der Waals surface area contributed by atoms with Crippen molar-refractivity contribution >= 4 is 18.4 Å². The molecular formula is C9H12FN3O4S. The zero-order chi connectivity index (χ0) is 13.4. The first-order valence-electron chi connectivity index (χ1n) is 5.12. The molecule has 2 rings (SSSR count). The second-order valence-corrected chi connectivity index (χ2v) is 4.49. The quantitative estimate of drug-likeness (QED) is 0.490. The lowest BCUT2D eigenvalue weighted by atomic mass is 10.2. The summed E-state index contributed by atoms with van der Waals surface area (Å²) in [5, 5.41) is 18.2. The summed E-state index contributed by atoms with van der Waals surface area (Å²) in [6.45, 7) is -0.374. The molecule has 0 radical (unpaired) electrons. The summed E-state index contributed by atoms with van der Waals surface area (Å²) in [7, 11) is 0. The number of halogens is 1. The summed E-state index contributed by atoms with van der Waals surface area (Å²) >= 11 is 4.06. The minimum absolute atomic E-state index is 0.374. The fraction of sp³-hybridized carbons (Fsp3) is 0.556. The van der Waals surface area contributed by atoms with Crippen molar-refractivity contribution in [3.05, 3.63) is 22.5 Å². The van der Waals surface area contributed by atoms with Crippen LogP contribution in [0.25, 0.3) is 0 Å². The van der Waals surface area contributed by atoms with E-state index in [1.807, 2.05) is 0 Å². The van der Waals surface area contributed by atoms with Gasteiger partial charge in [-0.1, -0.05) is 0 Å². The maximum Gasteiger partial charge on any atom is 0.351 e. The molecule has 4 N–H and O–H groups in total. The molecule has 4 atom stereocenters. The second kappa shape index (κ2) is 4.84. The van der Waals surface area contributed by atoms with Crippen molar-refractivity contribution in [2.24, 2.45) is 0 Å². The largest absolute Gasteiger partial charge is 0.394 e. The van der Waals surface area contributed by atoms with Crippen LogP contribution in [0.15, 0.2) is 11.0 Å². The van der Waals surface area contributed by atoms with Gasteiger partial charge < -0.3 is 20.7 Å². The Hall–Kier alpha value is -1.16. The molecule has 2 heterocycles. The maximum absolute atomic E-state index is 13.3. The number of aliphatic hydroxyl groups excluding tert-OH is 2. The minimum atomic E-state index is -1.17. The molecule has 2 unspecified atom stereocenters. The van der Waals surface area contributed by atoms with Gasteiger partial charge in [0.1, 0.15) is 6.10 Å². The van der Waals surface area contributed by atoms with Crippen LogP contribution in [-0.4, -0.2) is 43.8 Å². The van der Waals surface area contributed by atoms with Crippen molar-refractivity contribution in [2.45, 2.75) is 23.7 Å². The molecule has 0 bridgehead atoms. The highest BCUT2D eigenvalue weighted by Crippen LogP contribution is 2.31.